The number of aromatic nitrogens is 1. The molecule has 27 heavy (non-hydrogen) atoms. The molecule has 2 aromatic heterocycles. The Morgan fingerprint density at radius 3 is 2.41 bits per heavy atom. The first-order valence-electron chi connectivity index (χ1n) is 8.90. The van der Waals surface area contributed by atoms with Gasteiger partial charge in [-0.1, -0.05) is 72.3 Å². The molecule has 0 unspecified atom stereocenters. The summed E-state index contributed by atoms with van der Waals surface area (Å²) >= 11 is 6.27. The highest BCUT2D eigenvalue weighted by Gasteiger charge is 2.20. The van der Waals surface area contributed by atoms with Crippen molar-refractivity contribution >= 4 is 50.1 Å². The minimum atomic E-state index is 0.703. The monoisotopic (exact) mass is 367 g/mol. The average molecular weight is 368 g/mol. The Bertz CT molecular complexity index is 1480. The van der Waals surface area contributed by atoms with Crippen molar-refractivity contribution in [3.8, 4) is 11.1 Å². The van der Waals surface area contributed by atoms with Crippen LogP contribution in [-0.4, -0.2) is 4.40 Å². The number of nitrogens with zero attached hydrogens (tertiary/aromatic N) is 1. The van der Waals surface area contributed by atoms with Gasteiger partial charge in [0.05, 0.1) is 16.6 Å². The molecule has 0 radical (unpaired) electrons. The van der Waals surface area contributed by atoms with Crippen LogP contribution in [-0.2, 0) is 0 Å². The van der Waals surface area contributed by atoms with E-state index < -0.39 is 0 Å². The molecule has 0 bridgehead atoms. The van der Waals surface area contributed by atoms with Crippen LogP contribution in [0, 0.1) is 0 Å². The average Bonchev–Trinajstić information content (AvgIpc) is 3.22. The zero-order valence-corrected chi connectivity index (χ0v) is 15.1. The summed E-state index contributed by atoms with van der Waals surface area (Å²) in [5, 5.41) is 4.32. The fraction of sp³-hybridized carbons (Fsp3) is 0. The van der Waals surface area contributed by atoms with Gasteiger partial charge in [-0.15, -0.1) is 0 Å². The number of benzene rings is 4. The molecular formula is C24H14ClNO. The van der Waals surface area contributed by atoms with Crippen molar-refractivity contribution in [3.63, 3.8) is 0 Å². The van der Waals surface area contributed by atoms with Gasteiger partial charge in [-0.3, -0.25) is 4.40 Å². The van der Waals surface area contributed by atoms with E-state index in [-0.39, 0.29) is 0 Å². The number of para-hydroxylation sites is 1. The normalized spacial score (nSPS) is 11.9. The molecule has 0 N–H and O–H groups in total. The van der Waals surface area contributed by atoms with Gasteiger partial charge in [0.1, 0.15) is 0 Å². The summed E-state index contributed by atoms with van der Waals surface area (Å²) in [4.78, 5) is 0. The van der Waals surface area contributed by atoms with Crippen LogP contribution in [0.4, 0.5) is 0 Å². The van der Waals surface area contributed by atoms with Gasteiger partial charge < -0.3 is 4.42 Å². The fourth-order valence-corrected chi connectivity index (χ4v) is 4.28. The molecule has 0 aliphatic carbocycles. The zero-order chi connectivity index (χ0) is 18.0. The second kappa shape index (κ2) is 5.38. The Balaban J connectivity index is 1.87. The molecule has 0 saturated heterocycles. The van der Waals surface area contributed by atoms with E-state index in [9.17, 15) is 0 Å². The van der Waals surface area contributed by atoms with Gasteiger partial charge in [-0.05, 0) is 40.6 Å². The third-order valence-electron chi connectivity index (χ3n) is 5.26. The molecule has 2 nitrogen and oxygen atoms in total. The predicted octanol–water partition coefficient (Wildman–Crippen LogP) is 7.31. The highest BCUT2D eigenvalue weighted by atomic mass is 35.5. The first kappa shape index (κ1) is 14.9. The SMILES string of the molecule is Clc1ccc2oc3c(-c4cccc5ccccc45)c4ccccc4n3c2c1. The number of hydrogen-bond acceptors (Lipinski definition) is 1. The molecule has 2 heterocycles. The van der Waals surface area contributed by atoms with Crippen molar-refractivity contribution in [3.05, 3.63) is 90.0 Å². The Hall–Kier alpha value is -3.23. The summed E-state index contributed by atoms with van der Waals surface area (Å²) in [7, 11) is 0. The van der Waals surface area contributed by atoms with Crippen LogP contribution < -0.4 is 0 Å². The molecular weight excluding hydrogens is 354 g/mol. The van der Waals surface area contributed by atoms with Gasteiger partial charge >= 0.3 is 0 Å². The zero-order valence-electron chi connectivity index (χ0n) is 14.3. The Kier molecular flexibility index (Phi) is 2.97. The summed E-state index contributed by atoms with van der Waals surface area (Å²) in [5.41, 5.74) is 6.09. The minimum absolute atomic E-state index is 0.703. The van der Waals surface area contributed by atoms with Crippen molar-refractivity contribution in [2.75, 3.05) is 0 Å². The van der Waals surface area contributed by atoms with E-state index in [1.807, 2.05) is 18.2 Å². The minimum Gasteiger partial charge on any atom is -0.438 e. The molecule has 6 rings (SSSR count). The first-order chi connectivity index (χ1) is 13.3. The molecule has 0 aliphatic heterocycles. The van der Waals surface area contributed by atoms with Crippen LogP contribution in [0.2, 0.25) is 5.02 Å². The van der Waals surface area contributed by atoms with E-state index in [2.05, 4.69) is 71.1 Å². The quantitative estimate of drug-likeness (QED) is 0.298. The first-order valence-corrected chi connectivity index (χ1v) is 9.28. The van der Waals surface area contributed by atoms with E-state index in [4.69, 9.17) is 16.0 Å². The molecule has 0 aliphatic rings. The van der Waals surface area contributed by atoms with Crippen LogP contribution in [0.15, 0.2) is 89.3 Å². The van der Waals surface area contributed by atoms with Crippen LogP contribution in [0.3, 0.4) is 0 Å². The van der Waals surface area contributed by atoms with Crippen LogP contribution in [0.5, 0.6) is 0 Å². The second-order valence-corrected chi connectivity index (χ2v) is 7.21. The van der Waals surface area contributed by atoms with Gasteiger partial charge in [0.15, 0.2) is 5.58 Å². The fourth-order valence-electron chi connectivity index (χ4n) is 4.11. The van der Waals surface area contributed by atoms with Crippen LogP contribution in [0.1, 0.15) is 0 Å². The Morgan fingerprint density at radius 2 is 1.48 bits per heavy atom. The maximum atomic E-state index is 6.33. The van der Waals surface area contributed by atoms with Crippen molar-refractivity contribution in [1.82, 2.24) is 4.40 Å². The van der Waals surface area contributed by atoms with Crippen molar-refractivity contribution in [2.24, 2.45) is 0 Å². The predicted molar refractivity (Wildman–Crippen MR) is 113 cm³/mol. The van der Waals surface area contributed by atoms with Crippen molar-refractivity contribution in [1.29, 1.82) is 0 Å². The molecule has 4 aromatic carbocycles. The number of halogens is 1. The topological polar surface area (TPSA) is 17.6 Å². The molecule has 0 atom stereocenters. The summed E-state index contributed by atoms with van der Waals surface area (Å²) in [6.45, 7) is 0. The van der Waals surface area contributed by atoms with Gasteiger partial charge in [0.25, 0.3) is 0 Å². The number of rotatable bonds is 1. The van der Waals surface area contributed by atoms with Gasteiger partial charge in [0, 0.05) is 10.4 Å². The highest BCUT2D eigenvalue weighted by molar-refractivity contribution is 6.31. The van der Waals surface area contributed by atoms with E-state index in [0.29, 0.717) is 5.02 Å². The van der Waals surface area contributed by atoms with Crippen LogP contribution >= 0.6 is 11.6 Å². The number of fused-ring (bicyclic) bond motifs is 6. The lowest BCUT2D eigenvalue weighted by Gasteiger charge is -2.05. The summed E-state index contributed by atoms with van der Waals surface area (Å²) in [5.74, 6) is 0. The lowest BCUT2D eigenvalue weighted by Crippen LogP contribution is -1.81. The summed E-state index contributed by atoms with van der Waals surface area (Å²) in [6.07, 6.45) is 0. The van der Waals surface area contributed by atoms with Gasteiger partial charge in [-0.2, -0.15) is 0 Å². The van der Waals surface area contributed by atoms with E-state index in [0.717, 1.165) is 27.9 Å². The van der Waals surface area contributed by atoms with Gasteiger partial charge in [-0.25, -0.2) is 0 Å². The highest BCUT2D eigenvalue weighted by Crippen LogP contribution is 2.41. The standard InChI is InChI=1S/C24H14ClNO/c25-16-12-13-22-21(14-16)26-20-11-4-3-9-19(20)23(24(26)27-22)18-10-5-7-15-6-1-2-8-17(15)18/h1-14H. The lowest BCUT2D eigenvalue weighted by molar-refractivity contribution is 0.658. The van der Waals surface area contributed by atoms with E-state index in [1.165, 1.54) is 21.7 Å². The van der Waals surface area contributed by atoms with Crippen LogP contribution in [0.25, 0.3) is 49.6 Å². The largest absolute Gasteiger partial charge is 0.438 e. The van der Waals surface area contributed by atoms with Crippen molar-refractivity contribution < 1.29 is 4.42 Å². The van der Waals surface area contributed by atoms with E-state index >= 15 is 0 Å². The lowest BCUT2D eigenvalue weighted by atomic mass is 9.98. The maximum Gasteiger partial charge on any atom is 0.213 e. The van der Waals surface area contributed by atoms with E-state index in [1.54, 1.807) is 0 Å². The summed E-state index contributed by atoms with van der Waals surface area (Å²) < 4.78 is 8.51. The third-order valence-corrected chi connectivity index (χ3v) is 5.49. The van der Waals surface area contributed by atoms with Gasteiger partial charge in [0.2, 0.25) is 5.71 Å². The second-order valence-electron chi connectivity index (χ2n) is 6.77. The molecule has 6 aromatic rings. The number of hydrogen-bond donors (Lipinski definition) is 0. The molecule has 0 fully saturated rings. The molecule has 0 spiro atoms. The Morgan fingerprint density at radius 1 is 0.704 bits per heavy atom. The smallest absolute Gasteiger partial charge is 0.213 e. The maximum absolute atomic E-state index is 6.33. The third kappa shape index (κ3) is 2.02. The number of oxazole rings is 1. The summed E-state index contributed by atoms with van der Waals surface area (Å²) in [6, 6.07) is 29.1. The molecule has 3 heteroatoms. The molecule has 0 amide bonds. The van der Waals surface area contributed by atoms with Crippen molar-refractivity contribution in [2.45, 2.75) is 0 Å². The molecule has 128 valence electrons. The molecule has 0 saturated carbocycles. The Labute approximate surface area is 160 Å².